The van der Waals surface area contributed by atoms with Crippen molar-refractivity contribution in [2.75, 3.05) is 33.3 Å². The minimum Gasteiger partial charge on any atom is -0.466 e. The second-order valence-corrected chi connectivity index (χ2v) is 7.20. The summed E-state index contributed by atoms with van der Waals surface area (Å²) in [6, 6.07) is 5.88. The first-order chi connectivity index (χ1) is 13.1. The molecule has 28 heavy (non-hydrogen) atoms. The molecule has 0 bridgehead atoms. The van der Waals surface area contributed by atoms with Gasteiger partial charge in [-0.15, -0.1) is 24.0 Å². The minimum absolute atomic E-state index is 0. The number of fused-ring (bicyclic) bond motifs is 1. The lowest BCUT2D eigenvalue weighted by atomic mass is 9.98. The Morgan fingerprint density at radius 3 is 3.04 bits per heavy atom. The Bertz CT molecular complexity index is 824. The Kier molecular flexibility index (Phi) is 8.88. The van der Waals surface area contributed by atoms with Crippen molar-refractivity contribution in [1.29, 1.82) is 0 Å². The molecule has 2 heterocycles. The third-order valence-corrected chi connectivity index (χ3v) is 5.19. The van der Waals surface area contributed by atoms with Crippen LogP contribution in [0.25, 0.3) is 10.9 Å². The van der Waals surface area contributed by atoms with Crippen LogP contribution in [0.3, 0.4) is 0 Å². The molecule has 1 aromatic heterocycles. The number of nitrogens with zero attached hydrogens (tertiary/aromatic N) is 2. The maximum Gasteiger partial charge on any atom is 0.310 e. The number of esters is 1. The predicted molar refractivity (Wildman–Crippen MR) is 125 cm³/mol. The van der Waals surface area contributed by atoms with Crippen LogP contribution in [0.1, 0.15) is 25.3 Å². The number of guanidine groups is 1. The van der Waals surface area contributed by atoms with Crippen LogP contribution >= 0.6 is 35.6 Å². The monoisotopic (exact) mass is 518 g/mol. The van der Waals surface area contributed by atoms with Crippen molar-refractivity contribution in [1.82, 2.24) is 15.2 Å². The van der Waals surface area contributed by atoms with Gasteiger partial charge in [-0.2, -0.15) is 0 Å². The number of carbonyl (C=O) groups is 1. The Balaban J connectivity index is 0.00000280. The zero-order chi connectivity index (χ0) is 19.2. The van der Waals surface area contributed by atoms with E-state index in [9.17, 15) is 4.79 Å². The lowest BCUT2D eigenvalue weighted by molar-refractivity contribution is -0.149. The van der Waals surface area contributed by atoms with E-state index in [1.165, 1.54) is 5.56 Å². The van der Waals surface area contributed by atoms with Crippen LogP contribution < -0.4 is 5.32 Å². The third kappa shape index (κ3) is 5.53. The first-order valence-electron chi connectivity index (χ1n) is 9.50. The van der Waals surface area contributed by atoms with E-state index in [0.29, 0.717) is 13.2 Å². The van der Waals surface area contributed by atoms with E-state index in [-0.39, 0.29) is 35.9 Å². The summed E-state index contributed by atoms with van der Waals surface area (Å²) in [4.78, 5) is 21.9. The average molecular weight is 519 g/mol. The molecule has 0 radical (unpaired) electrons. The van der Waals surface area contributed by atoms with Crippen LogP contribution in [-0.4, -0.2) is 55.1 Å². The number of rotatable bonds is 5. The first kappa shape index (κ1) is 22.8. The van der Waals surface area contributed by atoms with Crippen LogP contribution in [0.5, 0.6) is 0 Å². The predicted octanol–water partition coefficient (Wildman–Crippen LogP) is 3.83. The highest BCUT2D eigenvalue weighted by Gasteiger charge is 2.28. The topological polar surface area (TPSA) is 69.7 Å². The number of piperidine rings is 1. The van der Waals surface area contributed by atoms with Crippen molar-refractivity contribution >= 4 is 58.4 Å². The molecule has 1 aromatic carbocycles. The fraction of sp³-hybridized carbons (Fsp3) is 0.500. The van der Waals surface area contributed by atoms with Gasteiger partial charge in [-0.3, -0.25) is 9.79 Å². The number of H-pyrrole nitrogens is 1. The number of carbonyl (C=O) groups excluding carboxylic acids is 1. The molecule has 154 valence electrons. The normalized spacial score (nSPS) is 17.3. The molecule has 6 nitrogen and oxygen atoms in total. The molecule has 8 heteroatoms. The lowest BCUT2D eigenvalue weighted by Gasteiger charge is -2.33. The van der Waals surface area contributed by atoms with Gasteiger partial charge < -0.3 is 19.9 Å². The molecule has 1 fully saturated rings. The smallest absolute Gasteiger partial charge is 0.310 e. The molecule has 1 unspecified atom stereocenters. The fourth-order valence-corrected chi connectivity index (χ4v) is 3.79. The summed E-state index contributed by atoms with van der Waals surface area (Å²) in [5.74, 6) is 0.656. The number of aromatic amines is 1. The number of ether oxygens (including phenoxy) is 1. The van der Waals surface area contributed by atoms with Gasteiger partial charge in [-0.25, -0.2) is 0 Å². The van der Waals surface area contributed by atoms with Gasteiger partial charge in [0.25, 0.3) is 0 Å². The van der Waals surface area contributed by atoms with E-state index in [1.54, 1.807) is 7.05 Å². The van der Waals surface area contributed by atoms with E-state index >= 15 is 0 Å². The molecule has 1 atom stereocenters. The van der Waals surface area contributed by atoms with Crippen molar-refractivity contribution in [3.63, 3.8) is 0 Å². The molecule has 1 saturated heterocycles. The highest BCUT2D eigenvalue weighted by Crippen LogP contribution is 2.22. The summed E-state index contributed by atoms with van der Waals surface area (Å²) in [5, 5.41) is 5.32. The molecule has 1 aliphatic rings. The Morgan fingerprint density at radius 2 is 2.29 bits per heavy atom. The van der Waals surface area contributed by atoms with E-state index < -0.39 is 0 Å². The average Bonchev–Trinajstić information content (AvgIpc) is 3.07. The Hall–Kier alpha value is -1.48. The van der Waals surface area contributed by atoms with Gasteiger partial charge in [-0.1, -0.05) is 11.6 Å². The van der Waals surface area contributed by atoms with Gasteiger partial charge >= 0.3 is 5.97 Å². The number of halogens is 2. The van der Waals surface area contributed by atoms with Crippen molar-refractivity contribution < 1.29 is 9.53 Å². The van der Waals surface area contributed by atoms with E-state index in [0.717, 1.165) is 54.2 Å². The van der Waals surface area contributed by atoms with Crippen LogP contribution in [0, 0.1) is 5.92 Å². The fourth-order valence-electron chi connectivity index (χ4n) is 3.62. The SMILES string of the molecule is CCOC(=O)C1CCCN(C(=NC)NCCc2c[nH]c3ccc(Cl)cc23)C1.I. The molecule has 3 rings (SSSR count). The molecular weight excluding hydrogens is 491 g/mol. The molecule has 1 aliphatic heterocycles. The minimum atomic E-state index is -0.103. The first-order valence-corrected chi connectivity index (χ1v) is 9.88. The number of aromatic nitrogens is 1. The Labute approximate surface area is 188 Å². The molecule has 0 amide bonds. The number of likely N-dealkylation sites (tertiary alicyclic amines) is 1. The summed E-state index contributed by atoms with van der Waals surface area (Å²) < 4.78 is 5.18. The molecule has 2 aromatic rings. The summed E-state index contributed by atoms with van der Waals surface area (Å²) in [6.45, 7) is 4.58. The van der Waals surface area contributed by atoms with Crippen molar-refractivity contribution in [3.8, 4) is 0 Å². The van der Waals surface area contributed by atoms with Gasteiger partial charge in [-0.05, 0) is 49.9 Å². The summed E-state index contributed by atoms with van der Waals surface area (Å²) >= 11 is 6.12. The summed E-state index contributed by atoms with van der Waals surface area (Å²) in [7, 11) is 1.78. The highest BCUT2D eigenvalue weighted by molar-refractivity contribution is 14.0. The van der Waals surface area contributed by atoms with Gasteiger partial charge in [0.15, 0.2) is 5.96 Å². The van der Waals surface area contributed by atoms with E-state index in [4.69, 9.17) is 16.3 Å². The largest absolute Gasteiger partial charge is 0.466 e. The maximum atomic E-state index is 12.1. The molecule has 0 spiro atoms. The number of hydrogen-bond donors (Lipinski definition) is 2. The van der Waals surface area contributed by atoms with Crippen LogP contribution in [-0.2, 0) is 16.0 Å². The number of hydrogen-bond acceptors (Lipinski definition) is 3. The van der Waals surface area contributed by atoms with E-state index in [2.05, 4.69) is 20.2 Å². The van der Waals surface area contributed by atoms with Crippen LogP contribution in [0.2, 0.25) is 5.02 Å². The number of aliphatic imine (C=N–C) groups is 1. The van der Waals surface area contributed by atoms with Gasteiger partial charge in [0.2, 0.25) is 0 Å². The van der Waals surface area contributed by atoms with Crippen molar-refractivity contribution in [3.05, 3.63) is 35.0 Å². The summed E-state index contributed by atoms with van der Waals surface area (Å²) in [5.41, 5.74) is 2.31. The van der Waals surface area contributed by atoms with Crippen LogP contribution in [0.4, 0.5) is 0 Å². The van der Waals surface area contributed by atoms with Crippen LogP contribution in [0.15, 0.2) is 29.4 Å². The van der Waals surface area contributed by atoms with Crippen molar-refractivity contribution in [2.24, 2.45) is 10.9 Å². The molecule has 2 N–H and O–H groups in total. The maximum absolute atomic E-state index is 12.1. The highest BCUT2D eigenvalue weighted by atomic mass is 127. The quantitative estimate of drug-likeness (QED) is 0.273. The zero-order valence-electron chi connectivity index (χ0n) is 16.3. The van der Waals surface area contributed by atoms with Gasteiger partial charge in [0, 0.05) is 48.8 Å². The molecule has 0 saturated carbocycles. The summed E-state index contributed by atoms with van der Waals surface area (Å²) in [6.07, 6.45) is 4.73. The van der Waals surface area contributed by atoms with Gasteiger partial charge in [0.05, 0.1) is 12.5 Å². The number of nitrogens with one attached hydrogen (secondary N) is 2. The van der Waals surface area contributed by atoms with Crippen molar-refractivity contribution in [2.45, 2.75) is 26.2 Å². The zero-order valence-corrected chi connectivity index (χ0v) is 19.4. The standard InChI is InChI=1S/C20H27ClN4O2.HI/c1-3-27-19(26)15-5-4-10-25(13-15)20(22-2)23-9-8-14-12-24-18-7-6-16(21)11-17(14)18;/h6-7,11-12,15,24H,3-5,8-10,13H2,1-2H3,(H,22,23);1H. The van der Waals surface area contributed by atoms with Gasteiger partial charge in [0.1, 0.15) is 0 Å². The third-order valence-electron chi connectivity index (χ3n) is 4.96. The lowest BCUT2D eigenvalue weighted by Crippen LogP contribution is -2.48. The molecular formula is C20H28ClIN4O2. The van der Waals surface area contributed by atoms with E-state index in [1.807, 2.05) is 31.3 Å². The Morgan fingerprint density at radius 1 is 1.46 bits per heavy atom. The molecule has 0 aliphatic carbocycles. The number of benzene rings is 1. The second kappa shape index (κ2) is 10.9. The second-order valence-electron chi connectivity index (χ2n) is 6.77.